The molecule has 0 bridgehead atoms. The molecule has 0 radical (unpaired) electrons. The third-order valence-corrected chi connectivity index (χ3v) is 11.1. The van der Waals surface area contributed by atoms with Gasteiger partial charge in [0, 0.05) is 0 Å². The summed E-state index contributed by atoms with van der Waals surface area (Å²) in [5.74, 6) is 0.603. The van der Waals surface area contributed by atoms with Gasteiger partial charge in [0.05, 0.1) is 0 Å². The third kappa shape index (κ3) is 4.11. The zero-order chi connectivity index (χ0) is 14.8. The van der Waals surface area contributed by atoms with Crippen LogP contribution in [0.4, 0.5) is 0 Å². The molecule has 1 heterocycles. The van der Waals surface area contributed by atoms with Gasteiger partial charge in [0.1, 0.15) is 0 Å². The van der Waals surface area contributed by atoms with Crippen molar-refractivity contribution in [3.8, 4) is 0 Å². The molecule has 20 heavy (non-hydrogen) atoms. The Morgan fingerprint density at radius 2 is 1.90 bits per heavy atom. The molecule has 0 aromatic heterocycles. The summed E-state index contributed by atoms with van der Waals surface area (Å²) in [7, 11) is 0. The van der Waals surface area contributed by atoms with E-state index >= 15 is 0 Å². The topological polar surface area (TPSA) is 9.23 Å². The van der Waals surface area contributed by atoms with Crippen LogP contribution in [-0.4, -0.2) is 30.6 Å². The molecule has 3 atom stereocenters. The fraction of sp³-hybridized carbons (Fsp3) is 0.556. The van der Waals surface area contributed by atoms with E-state index in [0.717, 1.165) is 12.8 Å². The van der Waals surface area contributed by atoms with Crippen molar-refractivity contribution in [2.75, 3.05) is 0 Å². The van der Waals surface area contributed by atoms with Crippen molar-refractivity contribution >= 4 is 18.4 Å². The van der Waals surface area contributed by atoms with Crippen LogP contribution in [0.15, 0.2) is 40.5 Å². The minimum absolute atomic E-state index is 0.360. The molecule has 2 rings (SSSR count). The van der Waals surface area contributed by atoms with Crippen LogP contribution in [0.5, 0.6) is 0 Å². The van der Waals surface area contributed by atoms with Gasteiger partial charge in [-0.2, -0.15) is 0 Å². The average molecular weight is 379 g/mol. The average Bonchev–Trinajstić information content (AvgIpc) is 2.77. The van der Waals surface area contributed by atoms with Gasteiger partial charge in [0.15, 0.2) is 0 Å². The van der Waals surface area contributed by atoms with E-state index in [9.17, 15) is 0 Å². The molecule has 1 nitrogen and oxygen atoms in total. The summed E-state index contributed by atoms with van der Waals surface area (Å²) in [5, 5.41) is 0. The van der Waals surface area contributed by atoms with Crippen LogP contribution in [0.2, 0.25) is 14.8 Å². The maximum atomic E-state index is 6.18. The Balaban J connectivity index is 1.89. The molecule has 0 saturated carbocycles. The summed E-state index contributed by atoms with van der Waals surface area (Å²) >= 11 is -1.99. The molecule has 0 N–H and O–H groups in total. The van der Waals surface area contributed by atoms with Crippen molar-refractivity contribution in [2.24, 2.45) is 5.92 Å². The predicted octanol–water partition coefficient (Wildman–Crippen LogP) is 4.85. The van der Waals surface area contributed by atoms with Gasteiger partial charge in [-0.3, -0.25) is 0 Å². The van der Waals surface area contributed by atoms with Gasteiger partial charge in [0.25, 0.3) is 0 Å². The van der Waals surface area contributed by atoms with Crippen LogP contribution >= 0.6 is 0 Å². The number of aryl methyl sites for hydroxylation is 1. The molecule has 1 aliphatic heterocycles. The zero-order valence-electron chi connectivity index (χ0n) is 13.4. The quantitative estimate of drug-likeness (QED) is 0.665. The van der Waals surface area contributed by atoms with Crippen molar-refractivity contribution < 1.29 is 4.74 Å². The summed E-state index contributed by atoms with van der Waals surface area (Å²) in [4.78, 5) is 7.38. The molecule has 2 heteroatoms. The predicted molar refractivity (Wildman–Crippen MR) is 89.7 cm³/mol. The first kappa shape index (κ1) is 16.1. The molecule has 1 saturated heterocycles. The van der Waals surface area contributed by atoms with E-state index in [-0.39, 0.29) is 0 Å². The van der Waals surface area contributed by atoms with E-state index in [2.05, 4.69) is 58.7 Å². The van der Waals surface area contributed by atoms with Crippen LogP contribution < -0.4 is 0 Å². The molecular formula is C18H28OSn. The van der Waals surface area contributed by atoms with Crippen molar-refractivity contribution in [3.63, 3.8) is 0 Å². The van der Waals surface area contributed by atoms with Gasteiger partial charge < -0.3 is 0 Å². The van der Waals surface area contributed by atoms with Crippen LogP contribution in [0, 0.1) is 5.92 Å². The summed E-state index contributed by atoms with van der Waals surface area (Å²) in [5.41, 5.74) is 1.42. The van der Waals surface area contributed by atoms with Crippen LogP contribution in [0.25, 0.3) is 0 Å². The number of hydrogen-bond acceptors (Lipinski definition) is 1. The van der Waals surface area contributed by atoms with Gasteiger partial charge in [-0.05, 0) is 0 Å². The Morgan fingerprint density at radius 3 is 2.50 bits per heavy atom. The first-order chi connectivity index (χ1) is 9.38. The molecule has 1 aromatic carbocycles. The summed E-state index contributed by atoms with van der Waals surface area (Å²) < 4.78 is 7.73. The number of rotatable bonds is 5. The zero-order valence-corrected chi connectivity index (χ0v) is 16.2. The Morgan fingerprint density at radius 1 is 1.25 bits per heavy atom. The van der Waals surface area contributed by atoms with Crippen molar-refractivity contribution in [1.82, 2.24) is 0 Å². The Labute approximate surface area is 128 Å². The molecule has 1 fully saturated rings. The van der Waals surface area contributed by atoms with Crippen molar-refractivity contribution in [2.45, 2.75) is 53.2 Å². The van der Waals surface area contributed by atoms with Crippen LogP contribution in [0.3, 0.4) is 0 Å². The van der Waals surface area contributed by atoms with E-state index in [1.165, 1.54) is 12.0 Å². The van der Waals surface area contributed by atoms with E-state index in [4.69, 9.17) is 4.74 Å². The molecule has 110 valence electrons. The standard InChI is InChI=1S/C15H19O.3CH3.Sn/c1-3-14-11-15(16-12(14)2)10-9-13-7-5-4-6-8-13;;;;/h4-8,12,14-15H,1,9-11H2,2H3;3*1H3;/t12-,14-,15+;;;;/m1..../s1. The van der Waals surface area contributed by atoms with Crippen LogP contribution in [0.1, 0.15) is 25.3 Å². The number of benzene rings is 1. The van der Waals surface area contributed by atoms with Gasteiger partial charge in [-0.15, -0.1) is 0 Å². The molecule has 0 amide bonds. The SMILES string of the molecule is C=[C]([C@@H]1C[C@H](CCc2ccccc2)O[C@@H]1C)[Sn]([CH3])([CH3])[CH3]. The molecule has 0 aliphatic carbocycles. The first-order valence-electron chi connectivity index (χ1n) is 7.76. The second-order valence-corrected chi connectivity index (χ2v) is 21.8. The van der Waals surface area contributed by atoms with E-state index in [1.54, 1.807) is 3.59 Å². The monoisotopic (exact) mass is 380 g/mol. The first-order valence-corrected chi connectivity index (χ1v) is 17.8. The molecule has 1 aliphatic rings. The van der Waals surface area contributed by atoms with E-state index < -0.39 is 18.4 Å². The number of ether oxygens (including phenoxy) is 1. The van der Waals surface area contributed by atoms with Gasteiger partial charge in [-0.25, -0.2) is 0 Å². The Kier molecular flexibility index (Phi) is 5.35. The molecular weight excluding hydrogens is 351 g/mol. The summed E-state index contributed by atoms with van der Waals surface area (Å²) in [6, 6.07) is 10.7. The van der Waals surface area contributed by atoms with Gasteiger partial charge >= 0.3 is 128 Å². The third-order valence-electron chi connectivity index (χ3n) is 4.50. The molecule has 0 spiro atoms. The van der Waals surface area contributed by atoms with Crippen molar-refractivity contribution in [3.05, 3.63) is 46.1 Å². The fourth-order valence-electron chi connectivity index (χ4n) is 3.07. The second-order valence-electron chi connectivity index (χ2n) is 7.10. The molecule has 0 unspecified atom stereocenters. The number of hydrogen-bond donors (Lipinski definition) is 0. The summed E-state index contributed by atoms with van der Waals surface area (Å²) in [6.07, 6.45) is 4.22. The van der Waals surface area contributed by atoms with Crippen molar-refractivity contribution in [1.29, 1.82) is 0 Å². The summed E-state index contributed by atoms with van der Waals surface area (Å²) in [6.45, 7) is 6.66. The van der Waals surface area contributed by atoms with E-state index in [1.807, 2.05) is 0 Å². The fourth-order valence-corrected chi connectivity index (χ4v) is 7.25. The van der Waals surface area contributed by atoms with Gasteiger partial charge in [-0.1, -0.05) is 0 Å². The maximum absolute atomic E-state index is 6.18. The molecule has 1 aromatic rings. The minimum atomic E-state index is -1.99. The second kappa shape index (κ2) is 6.65. The Hall–Kier alpha value is -0.281. The van der Waals surface area contributed by atoms with Gasteiger partial charge in [0.2, 0.25) is 0 Å². The van der Waals surface area contributed by atoms with Crippen LogP contribution in [-0.2, 0) is 11.2 Å². The Bertz CT molecular complexity index is 446. The van der Waals surface area contributed by atoms with E-state index in [0.29, 0.717) is 18.1 Å². The normalized spacial score (nSPS) is 26.7.